The molecule has 1 aromatic carbocycles. The highest BCUT2D eigenvalue weighted by Gasteiger charge is 2.10. The van der Waals surface area contributed by atoms with E-state index in [1.807, 2.05) is 12.1 Å². The molecule has 0 saturated carbocycles. The Labute approximate surface area is 85.5 Å². The molecule has 1 aromatic rings. The Hall–Kier alpha value is -1.02. The van der Waals surface area contributed by atoms with Crippen LogP contribution < -0.4 is 4.74 Å². The number of likely N-dealkylation sites (tertiary alicyclic amines) is 1. The SMILES string of the molecule is Cc1ccc(OCN2CCCC2)cc1. The van der Waals surface area contributed by atoms with Crippen molar-refractivity contribution in [2.75, 3.05) is 19.8 Å². The third-order valence-electron chi connectivity index (χ3n) is 2.63. The molecular weight excluding hydrogens is 174 g/mol. The lowest BCUT2D eigenvalue weighted by molar-refractivity contribution is 0.152. The van der Waals surface area contributed by atoms with Crippen molar-refractivity contribution in [2.45, 2.75) is 19.8 Å². The number of nitrogens with zero attached hydrogens (tertiary/aromatic N) is 1. The van der Waals surface area contributed by atoms with E-state index in [9.17, 15) is 0 Å². The fourth-order valence-electron chi connectivity index (χ4n) is 1.71. The summed E-state index contributed by atoms with van der Waals surface area (Å²) in [5.41, 5.74) is 1.28. The second kappa shape index (κ2) is 4.47. The monoisotopic (exact) mass is 191 g/mol. The van der Waals surface area contributed by atoms with Crippen molar-refractivity contribution < 1.29 is 4.74 Å². The van der Waals surface area contributed by atoms with Gasteiger partial charge in [0.1, 0.15) is 12.5 Å². The van der Waals surface area contributed by atoms with Gasteiger partial charge in [0.25, 0.3) is 0 Å². The van der Waals surface area contributed by atoms with Gasteiger partial charge in [-0.3, -0.25) is 4.90 Å². The van der Waals surface area contributed by atoms with E-state index in [1.165, 1.54) is 31.5 Å². The number of rotatable bonds is 3. The lowest BCUT2D eigenvalue weighted by Crippen LogP contribution is -2.24. The highest BCUT2D eigenvalue weighted by atomic mass is 16.5. The number of aryl methyl sites for hydroxylation is 1. The predicted molar refractivity (Wildman–Crippen MR) is 57.5 cm³/mol. The molecule has 0 spiro atoms. The fraction of sp³-hybridized carbons (Fsp3) is 0.500. The number of benzene rings is 1. The van der Waals surface area contributed by atoms with Gasteiger partial charge >= 0.3 is 0 Å². The van der Waals surface area contributed by atoms with E-state index in [1.54, 1.807) is 0 Å². The molecule has 1 aliphatic heterocycles. The van der Waals surface area contributed by atoms with Crippen LogP contribution in [0.3, 0.4) is 0 Å². The normalized spacial score (nSPS) is 17.2. The summed E-state index contributed by atoms with van der Waals surface area (Å²) in [5, 5.41) is 0. The molecule has 0 bridgehead atoms. The molecule has 1 saturated heterocycles. The van der Waals surface area contributed by atoms with Crippen molar-refractivity contribution in [3.63, 3.8) is 0 Å². The van der Waals surface area contributed by atoms with Gasteiger partial charge in [-0.15, -0.1) is 0 Å². The van der Waals surface area contributed by atoms with Crippen molar-refractivity contribution >= 4 is 0 Å². The first-order valence-electron chi connectivity index (χ1n) is 5.26. The molecule has 0 amide bonds. The van der Waals surface area contributed by atoms with Crippen LogP contribution in [0.4, 0.5) is 0 Å². The van der Waals surface area contributed by atoms with Gasteiger partial charge in [-0.1, -0.05) is 17.7 Å². The standard InChI is InChI=1S/C12H17NO/c1-11-4-6-12(7-5-11)14-10-13-8-2-3-9-13/h4-7H,2-3,8-10H2,1H3. The van der Waals surface area contributed by atoms with Crippen LogP contribution in [0.15, 0.2) is 24.3 Å². The molecule has 2 rings (SSSR count). The zero-order chi connectivity index (χ0) is 9.80. The highest BCUT2D eigenvalue weighted by Crippen LogP contribution is 2.13. The molecule has 1 aliphatic rings. The minimum Gasteiger partial charge on any atom is -0.478 e. The number of hydrogen-bond acceptors (Lipinski definition) is 2. The summed E-state index contributed by atoms with van der Waals surface area (Å²) in [6, 6.07) is 8.23. The highest BCUT2D eigenvalue weighted by molar-refractivity contribution is 5.26. The molecule has 0 unspecified atom stereocenters. The minimum atomic E-state index is 0.739. The number of ether oxygens (including phenoxy) is 1. The zero-order valence-corrected chi connectivity index (χ0v) is 8.70. The van der Waals surface area contributed by atoms with Gasteiger partial charge in [0.05, 0.1) is 0 Å². The van der Waals surface area contributed by atoms with E-state index in [0.29, 0.717) is 0 Å². The first kappa shape index (κ1) is 9.53. The Morgan fingerprint density at radius 3 is 2.43 bits per heavy atom. The second-order valence-electron chi connectivity index (χ2n) is 3.91. The smallest absolute Gasteiger partial charge is 0.142 e. The zero-order valence-electron chi connectivity index (χ0n) is 8.70. The average Bonchev–Trinajstić information content (AvgIpc) is 2.70. The molecule has 2 nitrogen and oxygen atoms in total. The molecule has 0 aliphatic carbocycles. The van der Waals surface area contributed by atoms with Crippen LogP contribution in [0.1, 0.15) is 18.4 Å². The van der Waals surface area contributed by atoms with Crippen molar-refractivity contribution in [2.24, 2.45) is 0 Å². The largest absolute Gasteiger partial charge is 0.478 e. The lowest BCUT2D eigenvalue weighted by Gasteiger charge is -2.15. The molecular formula is C12H17NO. The number of hydrogen-bond donors (Lipinski definition) is 0. The quantitative estimate of drug-likeness (QED) is 0.727. The van der Waals surface area contributed by atoms with Gasteiger partial charge in [0.15, 0.2) is 0 Å². The average molecular weight is 191 g/mol. The Morgan fingerprint density at radius 1 is 1.14 bits per heavy atom. The van der Waals surface area contributed by atoms with Gasteiger partial charge in [-0.2, -0.15) is 0 Å². The molecule has 76 valence electrons. The van der Waals surface area contributed by atoms with Crippen molar-refractivity contribution in [1.82, 2.24) is 4.90 Å². The summed E-state index contributed by atoms with van der Waals surface area (Å²) in [7, 11) is 0. The summed E-state index contributed by atoms with van der Waals surface area (Å²) in [6.07, 6.45) is 2.63. The van der Waals surface area contributed by atoms with Crippen LogP contribution >= 0.6 is 0 Å². The van der Waals surface area contributed by atoms with Crippen LogP contribution in [-0.2, 0) is 0 Å². The summed E-state index contributed by atoms with van der Waals surface area (Å²) in [5.74, 6) is 0.975. The molecule has 0 N–H and O–H groups in total. The third-order valence-corrected chi connectivity index (χ3v) is 2.63. The Morgan fingerprint density at radius 2 is 1.79 bits per heavy atom. The predicted octanol–water partition coefficient (Wildman–Crippen LogP) is 2.43. The van der Waals surface area contributed by atoms with E-state index < -0.39 is 0 Å². The Kier molecular flexibility index (Phi) is 3.04. The molecule has 14 heavy (non-hydrogen) atoms. The summed E-state index contributed by atoms with van der Waals surface area (Å²) >= 11 is 0. The topological polar surface area (TPSA) is 12.5 Å². The molecule has 0 aromatic heterocycles. The van der Waals surface area contributed by atoms with Crippen LogP contribution in [0.5, 0.6) is 5.75 Å². The molecule has 0 radical (unpaired) electrons. The van der Waals surface area contributed by atoms with Crippen molar-refractivity contribution in [1.29, 1.82) is 0 Å². The van der Waals surface area contributed by atoms with Crippen LogP contribution in [0.25, 0.3) is 0 Å². The Bertz CT molecular complexity index is 275. The minimum absolute atomic E-state index is 0.739. The summed E-state index contributed by atoms with van der Waals surface area (Å²) < 4.78 is 5.67. The van der Waals surface area contributed by atoms with E-state index in [0.717, 1.165) is 12.5 Å². The third kappa shape index (κ3) is 2.48. The molecule has 1 heterocycles. The van der Waals surface area contributed by atoms with Crippen LogP contribution in [0.2, 0.25) is 0 Å². The fourth-order valence-corrected chi connectivity index (χ4v) is 1.71. The maximum atomic E-state index is 5.67. The van der Waals surface area contributed by atoms with E-state index in [2.05, 4.69) is 24.0 Å². The maximum Gasteiger partial charge on any atom is 0.142 e. The van der Waals surface area contributed by atoms with E-state index in [-0.39, 0.29) is 0 Å². The summed E-state index contributed by atoms with van der Waals surface area (Å²) in [4.78, 5) is 2.35. The molecule has 2 heteroatoms. The maximum absolute atomic E-state index is 5.67. The second-order valence-corrected chi connectivity index (χ2v) is 3.91. The van der Waals surface area contributed by atoms with Crippen LogP contribution in [-0.4, -0.2) is 24.7 Å². The summed E-state index contributed by atoms with van der Waals surface area (Å²) in [6.45, 7) is 5.20. The molecule has 1 fully saturated rings. The molecule has 0 atom stereocenters. The first-order chi connectivity index (χ1) is 6.84. The van der Waals surface area contributed by atoms with E-state index >= 15 is 0 Å². The van der Waals surface area contributed by atoms with Crippen LogP contribution in [0, 0.1) is 6.92 Å². The van der Waals surface area contributed by atoms with Gasteiger partial charge < -0.3 is 4.74 Å². The lowest BCUT2D eigenvalue weighted by atomic mass is 10.2. The van der Waals surface area contributed by atoms with Gasteiger partial charge in [0, 0.05) is 13.1 Å². The Balaban J connectivity index is 1.82. The van der Waals surface area contributed by atoms with E-state index in [4.69, 9.17) is 4.74 Å². The first-order valence-corrected chi connectivity index (χ1v) is 5.26. The van der Waals surface area contributed by atoms with Gasteiger partial charge in [0.2, 0.25) is 0 Å². The van der Waals surface area contributed by atoms with Crippen molar-refractivity contribution in [3.8, 4) is 5.75 Å². The van der Waals surface area contributed by atoms with Gasteiger partial charge in [-0.25, -0.2) is 0 Å². The van der Waals surface area contributed by atoms with Crippen molar-refractivity contribution in [3.05, 3.63) is 29.8 Å². The van der Waals surface area contributed by atoms with Gasteiger partial charge in [-0.05, 0) is 31.9 Å².